The number of aliphatic hydroxyl groups is 8. The zero-order chi connectivity index (χ0) is 38.0. The van der Waals surface area contributed by atoms with Crippen molar-refractivity contribution < 1.29 is 88.7 Å². The van der Waals surface area contributed by atoms with Crippen LogP contribution in [0.4, 0.5) is 0 Å². The minimum Gasteiger partial charge on any atom is -0.507 e. The van der Waals surface area contributed by atoms with Crippen LogP contribution in [0.1, 0.15) is 13.3 Å². The van der Waals surface area contributed by atoms with Gasteiger partial charge in [-0.15, -0.1) is 0 Å². The second-order valence-corrected chi connectivity index (χ2v) is 12.2. The third kappa shape index (κ3) is 7.60. The summed E-state index contributed by atoms with van der Waals surface area (Å²) in [4.78, 5) is 26.2. The van der Waals surface area contributed by atoms with Gasteiger partial charge in [0.05, 0.1) is 26.2 Å². The highest BCUT2D eigenvalue weighted by Crippen LogP contribution is 2.40. The molecule has 0 radical (unpaired) electrons. The molecule has 2 aliphatic heterocycles. The summed E-state index contributed by atoms with van der Waals surface area (Å²) in [5.74, 6) is -4.10. The highest BCUT2D eigenvalue weighted by atomic mass is 16.7. The molecular formula is C33H40O19. The van der Waals surface area contributed by atoms with Gasteiger partial charge >= 0.3 is 5.97 Å². The normalized spacial score (nSPS) is 29.7. The summed E-state index contributed by atoms with van der Waals surface area (Å²) < 4.78 is 38.7. The standard InChI is InChI=1S/C33H40O19/c1-3-12(9-34)31(45)47-11-20-23(39)26(42)27(43)32(51-20)48-14-7-16(37)21-18(8-14)49-29(13-4-5-15(36)17(6-13)46-2)30(24(21)40)52-33-28(44)25(41)22(38)19(10-35)50-33/h4-8,12,19-20,22-23,25-28,32-39,41-44H,3,9-11H2,1-2H3/t12-,19+,20+,22+,23+,25-,26-,27+,28+,32+,33-/m0/s1. The maximum absolute atomic E-state index is 14.0. The van der Waals surface area contributed by atoms with Crippen molar-refractivity contribution in [2.24, 2.45) is 5.92 Å². The number of methoxy groups -OCH3 is 1. The molecule has 0 amide bonds. The Morgan fingerprint density at radius 3 is 2.08 bits per heavy atom. The fraction of sp³-hybridized carbons (Fsp3) is 0.515. The minimum atomic E-state index is -1.94. The monoisotopic (exact) mass is 740 g/mol. The van der Waals surface area contributed by atoms with E-state index in [0.717, 1.165) is 12.1 Å². The van der Waals surface area contributed by atoms with E-state index in [0.29, 0.717) is 0 Å². The first-order chi connectivity index (χ1) is 24.7. The lowest BCUT2D eigenvalue weighted by molar-refractivity contribution is -0.278. The van der Waals surface area contributed by atoms with Crippen LogP contribution in [0.5, 0.6) is 28.7 Å². The van der Waals surface area contributed by atoms with Crippen LogP contribution in [0.3, 0.4) is 0 Å². The first kappa shape index (κ1) is 38.9. The summed E-state index contributed by atoms with van der Waals surface area (Å²) >= 11 is 0. The van der Waals surface area contributed by atoms with Crippen molar-refractivity contribution in [3.63, 3.8) is 0 Å². The van der Waals surface area contributed by atoms with Gasteiger partial charge in [0, 0.05) is 17.7 Å². The number of aliphatic hydroxyl groups excluding tert-OH is 8. The van der Waals surface area contributed by atoms with Crippen LogP contribution >= 0.6 is 0 Å². The Morgan fingerprint density at radius 2 is 1.46 bits per heavy atom. The number of rotatable bonds is 12. The molecule has 2 aliphatic rings. The topological polar surface area (TPSA) is 305 Å². The number of phenols is 2. The van der Waals surface area contributed by atoms with Crippen LogP contribution in [0.2, 0.25) is 0 Å². The molecule has 0 bridgehead atoms. The Balaban J connectivity index is 1.52. The Bertz CT molecular complexity index is 1770. The number of esters is 1. The predicted molar refractivity (Wildman–Crippen MR) is 171 cm³/mol. The van der Waals surface area contributed by atoms with Gasteiger partial charge in [0.2, 0.25) is 23.8 Å². The van der Waals surface area contributed by atoms with Gasteiger partial charge in [0.25, 0.3) is 0 Å². The van der Waals surface area contributed by atoms with E-state index in [4.69, 9.17) is 32.8 Å². The summed E-state index contributed by atoms with van der Waals surface area (Å²) in [6.45, 7) is -0.221. The van der Waals surface area contributed by atoms with E-state index in [2.05, 4.69) is 0 Å². The molecule has 0 unspecified atom stereocenters. The van der Waals surface area contributed by atoms with Gasteiger partial charge in [-0.05, 0) is 24.6 Å². The van der Waals surface area contributed by atoms with E-state index in [-0.39, 0.29) is 40.6 Å². The minimum absolute atomic E-state index is 0.0473. The largest absolute Gasteiger partial charge is 0.507 e. The van der Waals surface area contributed by atoms with Gasteiger partial charge in [-0.3, -0.25) is 9.59 Å². The molecule has 0 aliphatic carbocycles. The van der Waals surface area contributed by atoms with E-state index in [1.807, 2.05) is 0 Å². The molecule has 11 atom stereocenters. The fourth-order valence-electron chi connectivity index (χ4n) is 5.66. The molecule has 19 heteroatoms. The van der Waals surface area contributed by atoms with E-state index >= 15 is 0 Å². The molecule has 286 valence electrons. The quantitative estimate of drug-likeness (QED) is 0.0882. The third-order valence-corrected chi connectivity index (χ3v) is 8.79. The average Bonchev–Trinajstić information content (AvgIpc) is 3.12. The van der Waals surface area contributed by atoms with Gasteiger partial charge < -0.3 is 83.9 Å². The number of benzene rings is 2. The molecule has 0 spiro atoms. The molecule has 5 rings (SSSR count). The molecule has 3 heterocycles. The highest BCUT2D eigenvalue weighted by Gasteiger charge is 2.47. The van der Waals surface area contributed by atoms with Crippen molar-refractivity contribution in [1.82, 2.24) is 0 Å². The van der Waals surface area contributed by atoms with Crippen molar-refractivity contribution in [2.45, 2.75) is 74.8 Å². The number of carbonyl (C=O) groups is 1. The van der Waals surface area contributed by atoms with Gasteiger partial charge in [-0.1, -0.05) is 6.92 Å². The maximum atomic E-state index is 14.0. The molecule has 2 fully saturated rings. The molecule has 2 aromatic carbocycles. The smallest absolute Gasteiger partial charge is 0.311 e. The van der Waals surface area contributed by atoms with Crippen molar-refractivity contribution in [2.75, 3.05) is 26.9 Å². The molecule has 19 nitrogen and oxygen atoms in total. The average molecular weight is 741 g/mol. The van der Waals surface area contributed by atoms with Crippen LogP contribution in [-0.4, -0.2) is 145 Å². The summed E-state index contributed by atoms with van der Waals surface area (Å²) in [6, 6.07) is 5.79. The number of ether oxygens (including phenoxy) is 6. The number of carbonyl (C=O) groups excluding carboxylic acids is 1. The van der Waals surface area contributed by atoms with Crippen LogP contribution in [0, 0.1) is 5.92 Å². The molecule has 1 aromatic heterocycles. The van der Waals surface area contributed by atoms with Crippen molar-refractivity contribution in [1.29, 1.82) is 0 Å². The van der Waals surface area contributed by atoms with Crippen LogP contribution < -0.4 is 19.6 Å². The molecule has 3 aromatic rings. The lowest BCUT2D eigenvalue weighted by Crippen LogP contribution is -2.60. The Labute approximate surface area is 293 Å². The molecular weight excluding hydrogens is 700 g/mol. The zero-order valence-corrected chi connectivity index (χ0v) is 27.7. The third-order valence-electron chi connectivity index (χ3n) is 8.79. The number of hydrogen-bond acceptors (Lipinski definition) is 19. The molecule has 0 saturated carbocycles. The van der Waals surface area contributed by atoms with E-state index in [1.54, 1.807) is 6.92 Å². The van der Waals surface area contributed by atoms with Crippen LogP contribution in [0.15, 0.2) is 39.5 Å². The predicted octanol–water partition coefficient (Wildman–Crippen LogP) is -2.19. The second-order valence-electron chi connectivity index (χ2n) is 12.2. The fourth-order valence-corrected chi connectivity index (χ4v) is 5.66. The van der Waals surface area contributed by atoms with Gasteiger partial charge in [0.15, 0.2) is 17.3 Å². The van der Waals surface area contributed by atoms with E-state index < -0.39 is 115 Å². The van der Waals surface area contributed by atoms with Crippen molar-refractivity contribution in [3.05, 3.63) is 40.6 Å². The molecule has 2 saturated heterocycles. The summed E-state index contributed by atoms with van der Waals surface area (Å²) in [5.41, 5.74) is -1.35. The summed E-state index contributed by atoms with van der Waals surface area (Å²) in [5, 5.41) is 102. The second kappa shape index (κ2) is 16.2. The van der Waals surface area contributed by atoms with Gasteiger partial charge in [-0.2, -0.15) is 0 Å². The number of aromatic hydroxyl groups is 2. The van der Waals surface area contributed by atoms with Crippen molar-refractivity contribution >= 4 is 16.9 Å². The SMILES string of the molecule is CC[C@@H](CO)C(=O)OC[C@H]1O[C@@H](Oc2cc(O)c3c(=O)c(O[C@@H]4O[C@H](CO)[C@@H](O)[C@H](O)[C@H]4O)c(-c4ccc(O)c(OC)c4)oc3c2)[C@H](O)[C@@H](O)[C@@H]1O. The number of fused-ring (bicyclic) bond motifs is 1. The molecule has 10 N–H and O–H groups in total. The lowest BCUT2D eigenvalue weighted by Gasteiger charge is -2.40. The Morgan fingerprint density at radius 1 is 0.827 bits per heavy atom. The lowest BCUT2D eigenvalue weighted by atomic mass is 9.99. The number of phenolic OH excluding ortho intramolecular Hbond substituents is 2. The Hall–Kier alpha value is -4.28. The first-order valence-corrected chi connectivity index (χ1v) is 16.1. The van der Waals surface area contributed by atoms with Crippen LogP contribution in [-0.2, 0) is 19.0 Å². The van der Waals surface area contributed by atoms with E-state index in [1.165, 1.54) is 25.3 Å². The van der Waals surface area contributed by atoms with Crippen molar-refractivity contribution in [3.8, 4) is 40.1 Å². The summed E-state index contributed by atoms with van der Waals surface area (Å²) in [7, 11) is 1.26. The first-order valence-electron chi connectivity index (χ1n) is 16.1. The van der Waals surface area contributed by atoms with Gasteiger partial charge in [-0.25, -0.2) is 0 Å². The van der Waals surface area contributed by atoms with Gasteiger partial charge in [0.1, 0.15) is 77.9 Å². The maximum Gasteiger partial charge on any atom is 0.311 e. The zero-order valence-electron chi connectivity index (χ0n) is 27.7. The van der Waals surface area contributed by atoms with E-state index in [9.17, 15) is 60.7 Å². The molecule has 52 heavy (non-hydrogen) atoms. The number of hydrogen-bond donors (Lipinski definition) is 10. The summed E-state index contributed by atoms with van der Waals surface area (Å²) in [6.07, 6.45) is -17.1. The van der Waals surface area contributed by atoms with Crippen LogP contribution in [0.25, 0.3) is 22.3 Å². The highest BCUT2D eigenvalue weighted by molar-refractivity contribution is 5.88. The Kier molecular flexibility index (Phi) is 12.1.